The summed E-state index contributed by atoms with van der Waals surface area (Å²) in [6.07, 6.45) is 5.17. The number of halogens is 1. The number of rotatable bonds is 6. The van der Waals surface area contributed by atoms with Crippen molar-refractivity contribution in [3.63, 3.8) is 0 Å². The Morgan fingerprint density at radius 3 is 2.88 bits per heavy atom. The van der Waals surface area contributed by atoms with Crippen LogP contribution in [0, 0.1) is 5.82 Å². The Hall–Kier alpha value is -2.41. The summed E-state index contributed by atoms with van der Waals surface area (Å²) < 4.78 is 20.3. The highest BCUT2D eigenvalue weighted by Gasteiger charge is 2.15. The maximum Gasteiger partial charge on any atom is 0.191 e. The molecule has 0 spiro atoms. The Morgan fingerprint density at radius 2 is 2.16 bits per heavy atom. The molecule has 7 heteroatoms. The van der Waals surface area contributed by atoms with Crippen molar-refractivity contribution in [2.75, 3.05) is 26.7 Å². The van der Waals surface area contributed by atoms with Crippen LogP contribution in [0.3, 0.4) is 0 Å². The first kappa shape index (κ1) is 17.4. The van der Waals surface area contributed by atoms with Crippen LogP contribution in [0.2, 0.25) is 0 Å². The van der Waals surface area contributed by atoms with Gasteiger partial charge in [0, 0.05) is 39.4 Å². The zero-order valence-corrected chi connectivity index (χ0v) is 14.4. The molecule has 1 saturated heterocycles. The normalized spacial score (nSPS) is 17.7. The third kappa shape index (κ3) is 5.03. The van der Waals surface area contributed by atoms with E-state index in [0.29, 0.717) is 0 Å². The van der Waals surface area contributed by atoms with E-state index in [1.54, 1.807) is 23.9 Å². The number of guanidine groups is 1. The zero-order chi connectivity index (χ0) is 17.5. The summed E-state index contributed by atoms with van der Waals surface area (Å²) in [5.41, 5.74) is 1.81. The molecule has 3 rings (SSSR count). The molecule has 1 aromatic carbocycles. The molecule has 1 aromatic heterocycles. The van der Waals surface area contributed by atoms with Gasteiger partial charge in [-0.2, -0.15) is 5.10 Å². The van der Waals surface area contributed by atoms with E-state index in [-0.39, 0.29) is 11.9 Å². The van der Waals surface area contributed by atoms with Gasteiger partial charge in [-0.25, -0.2) is 9.07 Å². The van der Waals surface area contributed by atoms with Crippen LogP contribution in [0.15, 0.2) is 41.5 Å². The largest absolute Gasteiger partial charge is 0.376 e. The van der Waals surface area contributed by atoms with Crippen molar-refractivity contribution >= 4 is 5.96 Å². The smallest absolute Gasteiger partial charge is 0.191 e. The second-order valence-electron chi connectivity index (χ2n) is 5.99. The van der Waals surface area contributed by atoms with Gasteiger partial charge >= 0.3 is 0 Å². The fourth-order valence-corrected chi connectivity index (χ4v) is 2.78. The van der Waals surface area contributed by atoms with Gasteiger partial charge in [-0.1, -0.05) is 0 Å². The van der Waals surface area contributed by atoms with E-state index in [9.17, 15) is 4.39 Å². The molecule has 0 amide bonds. The second kappa shape index (κ2) is 8.62. The molecule has 6 nitrogen and oxygen atoms in total. The Bertz CT molecular complexity index is 692. The Morgan fingerprint density at radius 1 is 1.32 bits per heavy atom. The molecule has 0 saturated carbocycles. The van der Waals surface area contributed by atoms with E-state index in [2.05, 4.69) is 20.7 Å². The number of ether oxygens (including phenoxy) is 1. The Balaban J connectivity index is 1.44. The fourth-order valence-electron chi connectivity index (χ4n) is 2.78. The van der Waals surface area contributed by atoms with Crippen LogP contribution >= 0.6 is 0 Å². The second-order valence-corrected chi connectivity index (χ2v) is 5.99. The van der Waals surface area contributed by atoms with Crippen LogP contribution in [-0.4, -0.2) is 48.6 Å². The van der Waals surface area contributed by atoms with Crippen LogP contribution in [0.25, 0.3) is 5.69 Å². The molecule has 2 aromatic rings. The van der Waals surface area contributed by atoms with Gasteiger partial charge in [-0.3, -0.25) is 4.99 Å². The molecule has 1 unspecified atom stereocenters. The van der Waals surface area contributed by atoms with Crippen molar-refractivity contribution in [3.05, 3.63) is 48.0 Å². The average molecular weight is 345 g/mol. The van der Waals surface area contributed by atoms with Crippen LogP contribution in [0.1, 0.15) is 18.5 Å². The lowest BCUT2D eigenvalue weighted by Gasteiger charge is -2.14. The van der Waals surface area contributed by atoms with Gasteiger partial charge in [0.15, 0.2) is 5.96 Å². The van der Waals surface area contributed by atoms with Gasteiger partial charge in [-0.05, 0) is 43.2 Å². The molecular formula is C18H24FN5O. The summed E-state index contributed by atoms with van der Waals surface area (Å²) in [7, 11) is 1.76. The summed E-state index contributed by atoms with van der Waals surface area (Å²) in [5, 5.41) is 11.1. The van der Waals surface area contributed by atoms with E-state index in [1.807, 2.05) is 12.3 Å². The number of hydrogen-bond donors (Lipinski definition) is 2. The highest BCUT2D eigenvalue weighted by molar-refractivity contribution is 5.79. The molecule has 2 N–H and O–H groups in total. The maximum atomic E-state index is 13.0. The van der Waals surface area contributed by atoms with Gasteiger partial charge < -0.3 is 15.4 Å². The van der Waals surface area contributed by atoms with Gasteiger partial charge in [0.1, 0.15) is 5.82 Å². The van der Waals surface area contributed by atoms with Crippen LogP contribution in [0.5, 0.6) is 0 Å². The summed E-state index contributed by atoms with van der Waals surface area (Å²) in [6.45, 7) is 2.36. The van der Waals surface area contributed by atoms with Crippen LogP contribution in [-0.2, 0) is 11.2 Å². The maximum absolute atomic E-state index is 13.0. The van der Waals surface area contributed by atoms with Crippen LogP contribution in [0.4, 0.5) is 4.39 Å². The number of nitrogens with one attached hydrogen (secondary N) is 2. The molecule has 1 aliphatic heterocycles. The minimum absolute atomic E-state index is 0.248. The monoisotopic (exact) mass is 345 g/mol. The standard InChI is InChI=1S/C18H24FN5O/c1-20-18(22-13-17-3-2-12-25-17)21-10-8-15-9-11-24(23-15)16-6-4-14(19)5-7-16/h4-7,9,11,17H,2-3,8,10,12-13H2,1H3,(H2,20,21,22). The lowest BCUT2D eigenvalue weighted by Crippen LogP contribution is -2.41. The van der Waals surface area contributed by atoms with Crippen LogP contribution < -0.4 is 10.6 Å². The topological polar surface area (TPSA) is 63.5 Å². The third-order valence-electron chi connectivity index (χ3n) is 4.15. The number of aliphatic imine (C=N–C) groups is 1. The van der Waals surface area contributed by atoms with E-state index in [0.717, 1.165) is 56.3 Å². The lowest BCUT2D eigenvalue weighted by molar-refractivity contribution is 0.114. The molecule has 1 atom stereocenters. The van der Waals surface area contributed by atoms with Gasteiger partial charge in [0.25, 0.3) is 0 Å². The quantitative estimate of drug-likeness (QED) is 0.620. The SMILES string of the molecule is CN=C(NCCc1ccn(-c2ccc(F)cc2)n1)NCC1CCCO1. The van der Waals surface area contributed by atoms with Crippen molar-refractivity contribution in [3.8, 4) is 5.69 Å². The average Bonchev–Trinajstić information content (AvgIpc) is 3.30. The lowest BCUT2D eigenvalue weighted by atomic mass is 10.2. The molecular weight excluding hydrogens is 321 g/mol. The number of nitrogens with zero attached hydrogens (tertiary/aromatic N) is 3. The van der Waals surface area contributed by atoms with Gasteiger partial charge in [-0.15, -0.1) is 0 Å². The summed E-state index contributed by atoms with van der Waals surface area (Å²) in [5.74, 6) is 0.524. The Labute approximate surface area is 147 Å². The van der Waals surface area contributed by atoms with Crippen molar-refractivity contribution < 1.29 is 9.13 Å². The Kier molecular flexibility index (Phi) is 6.00. The number of hydrogen-bond acceptors (Lipinski definition) is 3. The molecule has 1 aliphatic rings. The molecule has 0 aliphatic carbocycles. The molecule has 134 valence electrons. The number of aromatic nitrogens is 2. The van der Waals surface area contributed by atoms with Gasteiger partial charge in [0.05, 0.1) is 17.5 Å². The predicted octanol–water partition coefficient (Wildman–Crippen LogP) is 1.90. The minimum Gasteiger partial charge on any atom is -0.376 e. The minimum atomic E-state index is -0.248. The van der Waals surface area contributed by atoms with E-state index in [4.69, 9.17) is 4.74 Å². The van der Waals surface area contributed by atoms with Crippen molar-refractivity contribution in [1.82, 2.24) is 20.4 Å². The summed E-state index contributed by atoms with van der Waals surface area (Å²) in [4.78, 5) is 4.22. The number of benzene rings is 1. The molecule has 2 heterocycles. The molecule has 25 heavy (non-hydrogen) atoms. The molecule has 1 fully saturated rings. The van der Waals surface area contributed by atoms with Crippen molar-refractivity contribution in [2.24, 2.45) is 4.99 Å². The van der Waals surface area contributed by atoms with Crippen molar-refractivity contribution in [1.29, 1.82) is 0 Å². The third-order valence-corrected chi connectivity index (χ3v) is 4.15. The molecule has 0 bridgehead atoms. The fraction of sp³-hybridized carbons (Fsp3) is 0.444. The van der Waals surface area contributed by atoms with E-state index in [1.165, 1.54) is 12.1 Å². The molecule has 0 radical (unpaired) electrons. The summed E-state index contributed by atoms with van der Waals surface area (Å²) in [6, 6.07) is 8.25. The first-order valence-electron chi connectivity index (χ1n) is 8.61. The van der Waals surface area contributed by atoms with Gasteiger partial charge in [0.2, 0.25) is 0 Å². The first-order valence-corrected chi connectivity index (χ1v) is 8.61. The zero-order valence-electron chi connectivity index (χ0n) is 14.4. The summed E-state index contributed by atoms with van der Waals surface area (Å²) >= 11 is 0. The van der Waals surface area contributed by atoms with E-state index >= 15 is 0 Å². The highest BCUT2D eigenvalue weighted by atomic mass is 19.1. The predicted molar refractivity (Wildman–Crippen MR) is 95.6 cm³/mol. The highest BCUT2D eigenvalue weighted by Crippen LogP contribution is 2.10. The first-order chi connectivity index (χ1) is 12.2. The van der Waals surface area contributed by atoms with E-state index < -0.39 is 0 Å². The van der Waals surface area contributed by atoms with Crippen molar-refractivity contribution in [2.45, 2.75) is 25.4 Å².